The monoisotopic (exact) mass is 361 g/mol. The van der Waals surface area contributed by atoms with E-state index >= 15 is 0 Å². The molecule has 5 nitrogen and oxygen atoms in total. The molecule has 0 amide bonds. The molecule has 12 heteroatoms. The number of nitrogens with zero attached hydrogens (tertiary/aromatic N) is 1. The minimum absolute atomic E-state index is 0.480. The number of nitro groups is 1. The molecular weight excluding hydrogens is 355 g/mol. The summed E-state index contributed by atoms with van der Waals surface area (Å²) in [6.07, 6.45) is -7.20. The fourth-order valence-corrected chi connectivity index (χ4v) is 1.38. The molecule has 0 saturated carbocycles. The van der Waals surface area contributed by atoms with Crippen LogP contribution in [0.5, 0.6) is 0 Å². The van der Waals surface area contributed by atoms with Crippen molar-refractivity contribution in [2.75, 3.05) is 0 Å². The molecule has 0 heterocycles. The smallest absolute Gasteiger partial charge is 0.460 e. The summed E-state index contributed by atoms with van der Waals surface area (Å²) in [7, 11) is 0. The first-order chi connectivity index (χ1) is 10.7. The van der Waals surface area contributed by atoms with Gasteiger partial charge >= 0.3 is 18.0 Å². The molecular formula is C12H6F7NO4. The number of aliphatic hydroxyl groups is 1. The number of aliphatic hydroxyl groups excluding tert-OH is 1. The lowest BCUT2D eigenvalue weighted by Gasteiger charge is -2.26. The van der Waals surface area contributed by atoms with Crippen molar-refractivity contribution in [3.05, 3.63) is 46.0 Å². The lowest BCUT2D eigenvalue weighted by Crippen LogP contribution is -2.55. The first-order valence-electron chi connectivity index (χ1n) is 5.74. The molecule has 0 atom stereocenters. The van der Waals surface area contributed by atoms with Gasteiger partial charge < -0.3 is 5.11 Å². The Kier molecular flexibility index (Phi) is 4.92. The molecule has 0 fully saturated rings. The van der Waals surface area contributed by atoms with Crippen molar-refractivity contribution in [1.29, 1.82) is 0 Å². The van der Waals surface area contributed by atoms with Crippen LogP contribution in [-0.2, 0) is 4.79 Å². The summed E-state index contributed by atoms with van der Waals surface area (Å²) >= 11 is 0. The predicted molar refractivity (Wildman–Crippen MR) is 64.7 cm³/mol. The van der Waals surface area contributed by atoms with Gasteiger partial charge in [-0.25, -0.2) is 0 Å². The maximum Gasteiger partial charge on any atom is 0.460 e. The van der Waals surface area contributed by atoms with Gasteiger partial charge in [0.2, 0.25) is 5.78 Å². The van der Waals surface area contributed by atoms with E-state index in [2.05, 4.69) is 0 Å². The number of nitro benzene ring substituents is 1. The number of ketones is 1. The zero-order valence-electron chi connectivity index (χ0n) is 11.2. The Hall–Kier alpha value is -2.66. The van der Waals surface area contributed by atoms with Crippen LogP contribution in [0, 0.1) is 10.1 Å². The predicted octanol–water partition coefficient (Wildman–Crippen LogP) is 3.90. The van der Waals surface area contributed by atoms with Crippen LogP contribution in [0.25, 0.3) is 5.76 Å². The Morgan fingerprint density at radius 3 is 1.88 bits per heavy atom. The van der Waals surface area contributed by atoms with Gasteiger partial charge in [0.05, 0.1) is 4.92 Å². The van der Waals surface area contributed by atoms with Crippen LogP contribution in [-0.4, -0.2) is 33.8 Å². The summed E-state index contributed by atoms with van der Waals surface area (Å²) in [6.45, 7) is 0. The number of benzene rings is 1. The second kappa shape index (κ2) is 6.09. The number of hydrogen-bond acceptors (Lipinski definition) is 4. The fourth-order valence-electron chi connectivity index (χ4n) is 1.38. The van der Waals surface area contributed by atoms with E-state index in [-0.39, 0.29) is 0 Å². The minimum atomic E-state index is -6.69. The van der Waals surface area contributed by atoms with Crippen molar-refractivity contribution in [2.45, 2.75) is 18.0 Å². The van der Waals surface area contributed by atoms with Gasteiger partial charge in [-0.2, -0.15) is 30.7 Å². The normalized spacial score (nSPS) is 13.7. The second-order valence-corrected chi connectivity index (χ2v) is 4.34. The van der Waals surface area contributed by atoms with Gasteiger partial charge in [-0.15, -0.1) is 0 Å². The van der Waals surface area contributed by atoms with Gasteiger partial charge in [0, 0.05) is 23.8 Å². The summed E-state index contributed by atoms with van der Waals surface area (Å²) in [6, 6.07) is 3.12. The third-order valence-corrected chi connectivity index (χ3v) is 2.70. The number of allylic oxidation sites excluding steroid dienone is 1. The van der Waals surface area contributed by atoms with Gasteiger partial charge in [-0.3, -0.25) is 14.9 Å². The van der Waals surface area contributed by atoms with Crippen molar-refractivity contribution in [3.63, 3.8) is 0 Å². The molecule has 0 aromatic heterocycles. The van der Waals surface area contributed by atoms with Crippen LogP contribution >= 0.6 is 0 Å². The highest BCUT2D eigenvalue weighted by Crippen LogP contribution is 2.47. The molecule has 24 heavy (non-hydrogen) atoms. The molecule has 1 rings (SSSR count). The van der Waals surface area contributed by atoms with Crippen LogP contribution in [0.3, 0.4) is 0 Å². The van der Waals surface area contributed by atoms with Crippen LogP contribution < -0.4 is 0 Å². The Bertz CT molecular complexity index is 680. The van der Waals surface area contributed by atoms with Crippen LogP contribution in [0.4, 0.5) is 36.4 Å². The largest absolute Gasteiger partial charge is 0.507 e. The van der Waals surface area contributed by atoms with Gasteiger partial charge in [-0.05, 0) is 12.1 Å². The Morgan fingerprint density at radius 2 is 1.50 bits per heavy atom. The molecule has 1 N–H and O–H groups in total. The molecule has 0 radical (unpaired) electrons. The summed E-state index contributed by atoms with van der Waals surface area (Å²) in [5.74, 6) is -17.2. The summed E-state index contributed by atoms with van der Waals surface area (Å²) < 4.78 is 87.3. The molecule has 0 bridgehead atoms. The Balaban J connectivity index is 3.15. The van der Waals surface area contributed by atoms with Crippen molar-refractivity contribution >= 4 is 17.2 Å². The summed E-state index contributed by atoms with van der Waals surface area (Å²) in [5.41, 5.74) is -0.966. The van der Waals surface area contributed by atoms with Crippen LogP contribution in [0.2, 0.25) is 0 Å². The van der Waals surface area contributed by atoms with Crippen molar-refractivity contribution in [1.82, 2.24) is 0 Å². The number of carbonyl (C=O) groups excluding carboxylic acids is 1. The molecule has 132 valence electrons. The Morgan fingerprint density at radius 1 is 1.04 bits per heavy atom. The zero-order chi connectivity index (χ0) is 18.9. The van der Waals surface area contributed by atoms with E-state index in [4.69, 9.17) is 0 Å². The van der Waals surface area contributed by atoms with E-state index in [0.717, 1.165) is 24.3 Å². The number of hydrogen-bond donors (Lipinski definition) is 1. The van der Waals surface area contributed by atoms with Gasteiger partial charge in [-0.1, -0.05) is 0 Å². The summed E-state index contributed by atoms with van der Waals surface area (Å²) in [4.78, 5) is 20.6. The van der Waals surface area contributed by atoms with Crippen molar-refractivity contribution < 1.29 is 45.6 Å². The van der Waals surface area contributed by atoms with Crippen molar-refractivity contribution in [3.8, 4) is 0 Å². The number of non-ortho nitro benzene ring substituents is 1. The highest BCUT2D eigenvalue weighted by atomic mass is 19.4. The number of carbonyl (C=O) groups is 1. The number of halogens is 7. The molecule has 0 aliphatic heterocycles. The molecule has 0 spiro atoms. The van der Waals surface area contributed by atoms with E-state index < -0.39 is 51.8 Å². The average molecular weight is 361 g/mol. The van der Waals surface area contributed by atoms with Gasteiger partial charge in [0.25, 0.3) is 5.69 Å². The molecule has 0 unspecified atom stereocenters. The maximum atomic E-state index is 13.1. The second-order valence-electron chi connectivity index (χ2n) is 4.34. The number of rotatable bonds is 5. The van der Waals surface area contributed by atoms with Crippen LogP contribution in [0.1, 0.15) is 5.56 Å². The quantitative estimate of drug-likeness (QED) is 0.284. The SMILES string of the molecule is O=C(C=C(O)c1ccc([N+](=O)[O-])cc1)C(F)(F)C(F)(F)C(F)(F)F. The molecule has 1 aromatic carbocycles. The molecule has 0 aliphatic carbocycles. The van der Waals surface area contributed by atoms with Crippen molar-refractivity contribution in [2.24, 2.45) is 0 Å². The van der Waals surface area contributed by atoms with Gasteiger partial charge in [0.1, 0.15) is 5.76 Å². The molecule has 0 saturated heterocycles. The van der Waals surface area contributed by atoms with E-state index in [1.807, 2.05) is 0 Å². The maximum absolute atomic E-state index is 13.1. The topological polar surface area (TPSA) is 80.4 Å². The highest BCUT2D eigenvalue weighted by Gasteiger charge is 2.75. The third kappa shape index (κ3) is 3.46. The first kappa shape index (κ1) is 19.4. The number of alkyl halides is 7. The highest BCUT2D eigenvalue weighted by molar-refractivity contribution is 6.01. The lowest BCUT2D eigenvalue weighted by molar-refractivity contribution is -0.384. The van der Waals surface area contributed by atoms with E-state index in [1.165, 1.54) is 0 Å². The molecule has 0 aliphatic rings. The first-order valence-corrected chi connectivity index (χ1v) is 5.74. The lowest BCUT2D eigenvalue weighted by atomic mass is 10.0. The Labute approximate surface area is 128 Å². The van der Waals surface area contributed by atoms with E-state index in [1.54, 1.807) is 0 Å². The van der Waals surface area contributed by atoms with Gasteiger partial charge in [0.15, 0.2) is 0 Å². The average Bonchev–Trinajstić information content (AvgIpc) is 2.45. The molecule has 1 aromatic rings. The van der Waals surface area contributed by atoms with E-state index in [0.29, 0.717) is 0 Å². The van der Waals surface area contributed by atoms with E-state index in [9.17, 15) is 50.7 Å². The third-order valence-electron chi connectivity index (χ3n) is 2.70. The summed E-state index contributed by atoms with van der Waals surface area (Å²) in [5, 5.41) is 19.7. The minimum Gasteiger partial charge on any atom is -0.507 e. The standard InChI is InChI=1S/C12H6F7NO4/c13-10(14,11(15,16)12(17,18)19)9(22)5-8(21)6-1-3-7(4-2-6)20(23)24/h1-5,21H. The van der Waals surface area contributed by atoms with Crippen LogP contribution in [0.15, 0.2) is 30.3 Å². The zero-order valence-corrected chi connectivity index (χ0v) is 11.2. The fraction of sp³-hybridized carbons (Fsp3) is 0.250.